The highest BCUT2D eigenvalue weighted by molar-refractivity contribution is 7.80. The molecule has 2 rings (SSSR count). The van der Waals surface area contributed by atoms with Crippen LogP contribution in [0.15, 0.2) is 12.4 Å². The number of rotatable bonds is 4. The molecule has 4 nitrogen and oxygen atoms in total. The summed E-state index contributed by atoms with van der Waals surface area (Å²) < 4.78 is 0. The lowest BCUT2D eigenvalue weighted by atomic mass is 10.2. The second-order valence-corrected chi connectivity index (χ2v) is 4.75. The van der Waals surface area contributed by atoms with Crippen molar-refractivity contribution in [1.82, 2.24) is 9.97 Å². The maximum absolute atomic E-state index is 5.47. The number of thiocarbonyl (C=S) groups is 1. The van der Waals surface area contributed by atoms with Gasteiger partial charge in [0, 0.05) is 13.1 Å². The molecule has 0 radical (unpaired) electrons. The van der Waals surface area contributed by atoms with Crippen molar-refractivity contribution in [3.05, 3.63) is 18.1 Å². The second kappa shape index (κ2) is 4.33. The van der Waals surface area contributed by atoms with Gasteiger partial charge in [0.2, 0.25) is 0 Å². The number of hydrogen-bond acceptors (Lipinski definition) is 4. The third kappa shape index (κ3) is 2.29. The molecule has 0 aromatic carbocycles. The quantitative estimate of drug-likeness (QED) is 0.800. The van der Waals surface area contributed by atoms with Gasteiger partial charge in [0.15, 0.2) is 0 Å². The third-order valence-electron chi connectivity index (χ3n) is 3.17. The van der Waals surface area contributed by atoms with Crippen LogP contribution in [0.5, 0.6) is 0 Å². The van der Waals surface area contributed by atoms with E-state index in [9.17, 15) is 0 Å². The Balaban J connectivity index is 2.11. The third-order valence-corrected chi connectivity index (χ3v) is 3.38. The van der Waals surface area contributed by atoms with Crippen molar-refractivity contribution in [2.24, 2.45) is 11.7 Å². The van der Waals surface area contributed by atoms with Gasteiger partial charge in [-0.05, 0) is 25.7 Å². The van der Waals surface area contributed by atoms with E-state index >= 15 is 0 Å². The smallest absolute Gasteiger partial charge is 0.147 e. The van der Waals surface area contributed by atoms with Gasteiger partial charge in [-0.15, -0.1) is 0 Å². The molecule has 16 heavy (non-hydrogen) atoms. The number of aromatic nitrogens is 2. The maximum Gasteiger partial charge on any atom is 0.147 e. The van der Waals surface area contributed by atoms with Gasteiger partial charge >= 0.3 is 0 Å². The molecule has 0 aliphatic heterocycles. The molecule has 1 heterocycles. The fourth-order valence-electron chi connectivity index (χ4n) is 1.73. The monoisotopic (exact) mass is 236 g/mol. The van der Waals surface area contributed by atoms with Crippen LogP contribution in [0.2, 0.25) is 0 Å². The van der Waals surface area contributed by atoms with Crippen molar-refractivity contribution in [1.29, 1.82) is 0 Å². The van der Waals surface area contributed by atoms with E-state index in [0.717, 1.165) is 11.7 Å². The normalized spacial score (nSPS) is 16.9. The summed E-state index contributed by atoms with van der Waals surface area (Å²) in [6, 6.07) is 0.518. The van der Waals surface area contributed by atoms with Gasteiger partial charge in [-0.1, -0.05) is 12.2 Å². The lowest BCUT2D eigenvalue weighted by Gasteiger charge is -2.25. The molecular formula is C11H16N4S. The van der Waals surface area contributed by atoms with E-state index in [-0.39, 0.29) is 4.99 Å². The average Bonchev–Trinajstić information content (AvgIpc) is 3.11. The Morgan fingerprint density at radius 3 is 2.62 bits per heavy atom. The van der Waals surface area contributed by atoms with Crippen molar-refractivity contribution >= 4 is 23.0 Å². The molecule has 0 saturated heterocycles. The number of nitrogens with two attached hydrogens (primary N) is 1. The molecule has 1 aromatic rings. The molecule has 1 unspecified atom stereocenters. The summed E-state index contributed by atoms with van der Waals surface area (Å²) in [6.07, 6.45) is 6.01. The van der Waals surface area contributed by atoms with Gasteiger partial charge in [-0.3, -0.25) is 0 Å². The Bertz CT molecular complexity index is 385. The van der Waals surface area contributed by atoms with Gasteiger partial charge in [0.25, 0.3) is 0 Å². The first-order valence-corrected chi connectivity index (χ1v) is 5.85. The zero-order chi connectivity index (χ0) is 11.7. The molecule has 2 N–H and O–H groups in total. The van der Waals surface area contributed by atoms with Crippen LogP contribution in [0.25, 0.3) is 0 Å². The van der Waals surface area contributed by atoms with Gasteiger partial charge in [-0.2, -0.15) is 0 Å². The van der Waals surface area contributed by atoms with Crippen molar-refractivity contribution < 1.29 is 0 Å². The fourth-order valence-corrected chi connectivity index (χ4v) is 1.84. The van der Waals surface area contributed by atoms with Gasteiger partial charge in [-0.25, -0.2) is 9.97 Å². The summed E-state index contributed by atoms with van der Waals surface area (Å²) in [7, 11) is 2.05. The first-order chi connectivity index (χ1) is 7.59. The highest BCUT2D eigenvalue weighted by Gasteiger charge is 2.31. The SMILES string of the molecule is CC(C1CC1)N(C)c1cnc(C(N)=S)cn1. The van der Waals surface area contributed by atoms with Gasteiger partial charge < -0.3 is 10.6 Å². The lowest BCUT2D eigenvalue weighted by Crippen LogP contribution is -2.31. The molecular weight excluding hydrogens is 220 g/mol. The van der Waals surface area contributed by atoms with E-state index in [4.69, 9.17) is 18.0 Å². The fraction of sp³-hybridized carbons (Fsp3) is 0.545. The van der Waals surface area contributed by atoms with E-state index in [0.29, 0.717) is 11.7 Å². The molecule has 1 fully saturated rings. The van der Waals surface area contributed by atoms with Crippen LogP contribution in [-0.2, 0) is 0 Å². The molecule has 1 aliphatic carbocycles. The van der Waals surface area contributed by atoms with Crippen LogP contribution in [0.4, 0.5) is 5.82 Å². The van der Waals surface area contributed by atoms with Crippen molar-refractivity contribution in [3.8, 4) is 0 Å². The summed E-state index contributed by atoms with van der Waals surface area (Å²) in [6.45, 7) is 2.22. The number of nitrogens with zero attached hydrogens (tertiary/aromatic N) is 3. The highest BCUT2D eigenvalue weighted by atomic mass is 32.1. The predicted molar refractivity (Wildman–Crippen MR) is 68.5 cm³/mol. The van der Waals surface area contributed by atoms with Crippen LogP contribution in [0.1, 0.15) is 25.5 Å². The highest BCUT2D eigenvalue weighted by Crippen LogP contribution is 2.35. The summed E-state index contributed by atoms with van der Waals surface area (Å²) in [5, 5.41) is 0. The Morgan fingerprint density at radius 2 is 2.19 bits per heavy atom. The molecule has 1 aromatic heterocycles. The maximum atomic E-state index is 5.47. The molecule has 86 valence electrons. The molecule has 0 bridgehead atoms. The first-order valence-electron chi connectivity index (χ1n) is 5.44. The Hall–Kier alpha value is -1.23. The summed E-state index contributed by atoms with van der Waals surface area (Å²) in [5.41, 5.74) is 6.05. The van der Waals surface area contributed by atoms with E-state index in [2.05, 4.69) is 21.8 Å². The first kappa shape index (κ1) is 11.3. The van der Waals surface area contributed by atoms with Crippen molar-refractivity contribution in [2.45, 2.75) is 25.8 Å². The standard InChI is InChI=1S/C11H16N4S/c1-7(8-3-4-8)15(2)10-6-13-9(5-14-10)11(12)16/h5-8H,3-4H2,1-2H3,(H2,12,16). The summed E-state index contributed by atoms with van der Waals surface area (Å²) in [5.74, 6) is 1.68. The summed E-state index contributed by atoms with van der Waals surface area (Å²) in [4.78, 5) is 11.0. The minimum atomic E-state index is 0.289. The van der Waals surface area contributed by atoms with Crippen LogP contribution >= 0.6 is 12.2 Å². The Morgan fingerprint density at radius 1 is 1.50 bits per heavy atom. The molecule has 1 atom stereocenters. The molecule has 5 heteroatoms. The number of anilines is 1. The zero-order valence-electron chi connectivity index (χ0n) is 9.55. The molecule has 0 amide bonds. The summed E-state index contributed by atoms with van der Waals surface area (Å²) >= 11 is 4.84. The molecule has 1 aliphatic rings. The minimum Gasteiger partial charge on any atom is -0.388 e. The Kier molecular flexibility index (Phi) is 3.05. The topological polar surface area (TPSA) is 55.0 Å². The van der Waals surface area contributed by atoms with E-state index in [1.807, 2.05) is 7.05 Å². The zero-order valence-corrected chi connectivity index (χ0v) is 10.4. The van der Waals surface area contributed by atoms with E-state index in [1.165, 1.54) is 12.8 Å². The van der Waals surface area contributed by atoms with Gasteiger partial charge in [0.1, 0.15) is 16.5 Å². The van der Waals surface area contributed by atoms with Crippen LogP contribution < -0.4 is 10.6 Å². The van der Waals surface area contributed by atoms with Crippen molar-refractivity contribution in [3.63, 3.8) is 0 Å². The van der Waals surface area contributed by atoms with Crippen LogP contribution in [0.3, 0.4) is 0 Å². The van der Waals surface area contributed by atoms with Gasteiger partial charge in [0.05, 0.1) is 12.4 Å². The molecule has 0 spiro atoms. The van der Waals surface area contributed by atoms with Crippen LogP contribution in [0, 0.1) is 5.92 Å². The second-order valence-electron chi connectivity index (χ2n) is 4.31. The van der Waals surface area contributed by atoms with E-state index in [1.54, 1.807) is 12.4 Å². The lowest BCUT2D eigenvalue weighted by molar-refractivity contribution is 0.603. The largest absolute Gasteiger partial charge is 0.388 e. The minimum absolute atomic E-state index is 0.289. The Labute approximate surface area is 101 Å². The predicted octanol–water partition coefficient (Wildman–Crippen LogP) is 1.35. The molecule has 1 saturated carbocycles. The van der Waals surface area contributed by atoms with Crippen molar-refractivity contribution in [2.75, 3.05) is 11.9 Å². The van der Waals surface area contributed by atoms with E-state index < -0.39 is 0 Å². The average molecular weight is 236 g/mol. The van der Waals surface area contributed by atoms with Crippen LogP contribution in [-0.4, -0.2) is 28.0 Å². The number of hydrogen-bond donors (Lipinski definition) is 1.